The molecule has 0 aromatic carbocycles. The van der Waals surface area contributed by atoms with Crippen LogP contribution < -0.4 is 11.1 Å². The van der Waals surface area contributed by atoms with E-state index in [4.69, 9.17) is 5.73 Å². The van der Waals surface area contributed by atoms with Crippen molar-refractivity contribution in [1.29, 1.82) is 0 Å². The van der Waals surface area contributed by atoms with Gasteiger partial charge in [0.2, 0.25) is 0 Å². The molecule has 0 aromatic rings. The van der Waals surface area contributed by atoms with E-state index in [0.717, 1.165) is 25.0 Å². The quantitative estimate of drug-likeness (QED) is 0.609. The summed E-state index contributed by atoms with van der Waals surface area (Å²) >= 11 is 0. The topological polar surface area (TPSA) is 38.0 Å². The fourth-order valence-corrected chi connectivity index (χ4v) is 1.85. The van der Waals surface area contributed by atoms with Crippen molar-refractivity contribution in [3.8, 4) is 0 Å². The molecule has 2 nitrogen and oxygen atoms in total. The molecule has 0 saturated heterocycles. The molecule has 0 amide bonds. The molecule has 60 valence electrons. The van der Waals surface area contributed by atoms with Crippen LogP contribution in [-0.2, 0) is 0 Å². The molecule has 0 aromatic heterocycles. The second kappa shape index (κ2) is 3.94. The fourth-order valence-electron chi connectivity index (χ4n) is 1.85. The number of hydrogen-bond donors (Lipinski definition) is 2. The maximum atomic E-state index is 5.61. The van der Waals surface area contributed by atoms with Gasteiger partial charge in [-0.1, -0.05) is 13.3 Å². The molecule has 1 fully saturated rings. The van der Waals surface area contributed by atoms with Crippen LogP contribution >= 0.6 is 0 Å². The van der Waals surface area contributed by atoms with Gasteiger partial charge in [-0.2, -0.15) is 0 Å². The summed E-state index contributed by atoms with van der Waals surface area (Å²) in [6.07, 6.45) is 4.02. The highest BCUT2D eigenvalue weighted by molar-refractivity contribution is 4.82. The van der Waals surface area contributed by atoms with Crippen LogP contribution in [0.25, 0.3) is 0 Å². The highest BCUT2D eigenvalue weighted by atomic mass is 14.9. The van der Waals surface area contributed by atoms with Gasteiger partial charge in [0.25, 0.3) is 0 Å². The van der Waals surface area contributed by atoms with Crippen LogP contribution in [0.1, 0.15) is 26.2 Å². The minimum absolute atomic E-state index is 0.718. The Hall–Kier alpha value is -0.0800. The van der Waals surface area contributed by atoms with Crippen molar-refractivity contribution in [2.24, 2.45) is 11.7 Å². The molecule has 10 heavy (non-hydrogen) atoms. The standard InChI is InChI=1S/C8H18N2/c1-2-10-8-5-3-4-7(8)6-9/h7-8,10H,2-6,9H2,1H3. The first-order valence-electron chi connectivity index (χ1n) is 4.32. The first kappa shape index (κ1) is 8.02. The van der Waals surface area contributed by atoms with Crippen molar-refractivity contribution in [2.45, 2.75) is 32.2 Å². The maximum Gasteiger partial charge on any atom is 0.0107 e. The molecule has 1 rings (SSSR count). The van der Waals surface area contributed by atoms with Crippen molar-refractivity contribution in [1.82, 2.24) is 5.32 Å². The van der Waals surface area contributed by atoms with Gasteiger partial charge in [0.1, 0.15) is 0 Å². The molecule has 0 bridgehead atoms. The maximum absolute atomic E-state index is 5.61. The van der Waals surface area contributed by atoms with Crippen molar-refractivity contribution >= 4 is 0 Å². The van der Waals surface area contributed by atoms with E-state index in [1.807, 2.05) is 0 Å². The Morgan fingerprint density at radius 3 is 2.90 bits per heavy atom. The van der Waals surface area contributed by atoms with Crippen molar-refractivity contribution < 1.29 is 0 Å². The first-order chi connectivity index (χ1) is 4.88. The number of rotatable bonds is 3. The first-order valence-corrected chi connectivity index (χ1v) is 4.32. The monoisotopic (exact) mass is 142 g/mol. The lowest BCUT2D eigenvalue weighted by Gasteiger charge is -2.17. The Morgan fingerprint density at radius 1 is 1.50 bits per heavy atom. The molecule has 1 saturated carbocycles. The Balaban J connectivity index is 2.27. The van der Waals surface area contributed by atoms with Crippen LogP contribution in [0, 0.1) is 5.92 Å². The average molecular weight is 142 g/mol. The van der Waals surface area contributed by atoms with Crippen LogP contribution in [-0.4, -0.2) is 19.1 Å². The van der Waals surface area contributed by atoms with E-state index in [0.29, 0.717) is 0 Å². The van der Waals surface area contributed by atoms with E-state index in [1.165, 1.54) is 19.3 Å². The molecule has 1 aliphatic carbocycles. The lowest BCUT2D eigenvalue weighted by molar-refractivity contribution is 0.416. The van der Waals surface area contributed by atoms with Crippen LogP contribution in [0.4, 0.5) is 0 Å². The molecule has 0 radical (unpaired) electrons. The highest BCUT2D eigenvalue weighted by Crippen LogP contribution is 2.24. The number of hydrogen-bond acceptors (Lipinski definition) is 2. The predicted molar refractivity (Wildman–Crippen MR) is 43.9 cm³/mol. The van der Waals surface area contributed by atoms with Crippen LogP contribution in [0.5, 0.6) is 0 Å². The zero-order chi connectivity index (χ0) is 7.40. The van der Waals surface area contributed by atoms with Gasteiger partial charge in [0.05, 0.1) is 0 Å². The van der Waals surface area contributed by atoms with Crippen molar-refractivity contribution in [2.75, 3.05) is 13.1 Å². The van der Waals surface area contributed by atoms with Gasteiger partial charge in [-0.05, 0) is 31.8 Å². The van der Waals surface area contributed by atoms with E-state index in [-0.39, 0.29) is 0 Å². The normalized spacial score (nSPS) is 33.0. The highest BCUT2D eigenvalue weighted by Gasteiger charge is 2.24. The predicted octanol–water partition coefficient (Wildman–Crippen LogP) is 0.723. The summed E-state index contributed by atoms with van der Waals surface area (Å²) in [5, 5.41) is 3.47. The van der Waals surface area contributed by atoms with E-state index in [1.54, 1.807) is 0 Å². The zero-order valence-electron chi connectivity index (χ0n) is 6.77. The van der Waals surface area contributed by atoms with E-state index in [2.05, 4.69) is 12.2 Å². The van der Waals surface area contributed by atoms with Crippen LogP contribution in [0.3, 0.4) is 0 Å². The molecule has 0 aliphatic heterocycles. The Kier molecular flexibility index (Phi) is 3.16. The minimum Gasteiger partial charge on any atom is -0.330 e. The van der Waals surface area contributed by atoms with Gasteiger partial charge >= 0.3 is 0 Å². The minimum atomic E-state index is 0.718. The zero-order valence-corrected chi connectivity index (χ0v) is 6.77. The molecule has 0 spiro atoms. The lowest BCUT2D eigenvalue weighted by Crippen LogP contribution is -2.35. The Bertz CT molecular complexity index is 93.3. The van der Waals surface area contributed by atoms with Crippen molar-refractivity contribution in [3.05, 3.63) is 0 Å². The van der Waals surface area contributed by atoms with Gasteiger partial charge in [-0.3, -0.25) is 0 Å². The lowest BCUT2D eigenvalue weighted by atomic mass is 10.0. The third-order valence-corrected chi connectivity index (χ3v) is 2.43. The Labute approximate surface area is 63.2 Å². The molecule has 0 heterocycles. The van der Waals surface area contributed by atoms with E-state index in [9.17, 15) is 0 Å². The average Bonchev–Trinajstić information content (AvgIpc) is 2.36. The molecule has 2 atom stereocenters. The summed E-state index contributed by atoms with van der Waals surface area (Å²) in [7, 11) is 0. The molecule has 1 aliphatic rings. The van der Waals surface area contributed by atoms with Gasteiger partial charge in [0, 0.05) is 6.04 Å². The molecular formula is C8H18N2. The Morgan fingerprint density at radius 2 is 2.30 bits per heavy atom. The van der Waals surface area contributed by atoms with Gasteiger partial charge in [-0.25, -0.2) is 0 Å². The third-order valence-electron chi connectivity index (χ3n) is 2.43. The van der Waals surface area contributed by atoms with E-state index >= 15 is 0 Å². The fraction of sp³-hybridized carbons (Fsp3) is 1.00. The summed E-state index contributed by atoms with van der Waals surface area (Å²) in [6, 6.07) is 0.718. The molecule has 3 N–H and O–H groups in total. The molecule has 2 unspecified atom stereocenters. The van der Waals surface area contributed by atoms with E-state index < -0.39 is 0 Å². The summed E-state index contributed by atoms with van der Waals surface area (Å²) in [4.78, 5) is 0. The second-order valence-electron chi connectivity index (χ2n) is 3.09. The van der Waals surface area contributed by atoms with Crippen LogP contribution in [0.15, 0.2) is 0 Å². The summed E-state index contributed by atoms with van der Waals surface area (Å²) < 4.78 is 0. The van der Waals surface area contributed by atoms with Crippen molar-refractivity contribution in [3.63, 3.8) is 0 Å². The number of nitrogens with one attached hydrogen (secondary N) is 1. The van der Waals surface area contributed by atoms with Gasteiger partial charge < -0.3 is 11.1 Å². The summed E-state index contributed by atoms with van der Waals surface area (Å²) in [5.74, 6) is 0.750. The smallest absolute Gasteiger partial charge is 0.0107 e. The SMILES string of the molecule is CCNC1CCCC1CN. The number of nitrogens with two attached hydrogens (primary N) is 1. The van der Waals surface area contributed by atoms with Gasteiger partial charge in [0.15, 0.2) is 0 Å². The summed E-state index contributed by atoms with van der Waals surface area (Å²) in [6.45, 7) is 4.10. The second-order valence-corrected chi connectivity index (χ2v) is 3.09. The van der Waals surface area contributed by atoms with Gasteiger partial charge in [-0.15, -0.1) is 0 Å². The summed E-state index contributed by atoms with van der Waals surface area (Å²) in [5.41, 5.74) is 5.61. The molecule has 2 heteroatoms. The van der Waals surface area contributed by atoms with Crippen LogP contribution in [0.2, 0.25) is 0 Å². The molecular weight excluding hydrogens is 124 g/mol. The third kappa shape index (κ3) is 1.70. The largest absolute Gasteiger partial charge is 0.330 e.